The average molecular weight is 506 g/mol. The number of aliphatic hydroxyl groups excluding tert-OH is 1. The van der Waals surface area contributed by atoms with Gasteiger partial charge in [-0.3, -0.25) is 4.90 Å². The maximum absolute atomic E-state index is 13.7. The monoisotopic (exact) mass is 504 g/mol. The van der Waals surface area contributed by atoms with Crippen LogP contribution >= 0.6 is 34.8 Å². The van der Waals surface area contributed by atoms with Gasteiger partial charge in [-0.2, -0.15) is 0 Å². The highest BCUT2D eigenvalue weighted by Gasteiger charge is 2.40. The van der Waals surface area contributed by atoms with E-state index in [-0.39, 0.29) is 6.10 Å². The van der Waals surface area contributed by atoms with E-state index in [0.717, 1.165) is 6.42 Å². The van der Waals surface area contributed by atoms with Crippen molar-refractivity contribution in [1.82, 2.24) is 0 Å². The van der Waals surface area contributed by atoms with E-state index in [9.17, 15) is 9.90 Å². The van der Waals surface area contributed by atoms with Crippen LogP contribution in [0.4, 0.5) is 16.2 Å². The van der Waals surface area contributed by atoms with Gasteiger partial charge >= 0.3 is 6.03 Å². The van der Waals surface area contributed by atoms with Crippen LogP contribution in [0.3, 0.4) is 0 Å². The molecule has 8 heteroatoms. The zero-order chi connectivity index (χ0) is 23.4. The number of anilines is 2. The maximum atomic E-state index is 13.7. The number of carbonyl (C=O) groups is 1. The third kappa shape index (κ3) is 5.81. The largest absolute Gasteiger partial charge is 0.386 e. The smallest absolute Gasteiger partial charge is 0.326 e. The average Bonchev–Trinajstić information content (AvgIpc) is 3.33. The fourth-order valence-corrected chi connectivity index (χ4v) is 4.55. The number of nitrogens with one attached hydrogen (secondary N) is 1. The van der Waals surface area contributed by atoms with Crippen molar-refractivity contribution in [3.05, 3.63) is 93.4 Å². The molecule has 0 aromatic heterocycles. The third-order valence-electron chi connectivity index (χ3n) is 5.56. The lowest BCUT2D eigenvalue weighted by Crippen LogP contribution is -2.52. The molecule has 0 radical (unpaired) electrons. The van der Waals surface area contributed by atoms with Gasteiger partial charge in [-0.1, -0.05) is 53.0 Å². The van der Waals surface area contributed by atoms with Crippen molar-refractivity contribution < 1.29 is 14.6 Å². The van der Waals surface area contributed by atoms with Gasteiger partial charge < -0.3 is 15.2 Å². The molecule has 2 N–H and O–H groups in total. The van der Waals surface area contributed by atoms with Crippen molar-refractivity contribution in [2.24, 2.45) is 0 Å². The lowest BCUT2D eigenvalue weighted by atomic mass is 9.94. The predicted molar refractivity (Wildman–Crippen MR) is 134 cm³/mol. The SMILES string of the molecule is O=C(Nc1ccc(Cl)cc1)N(c1cccc(Cl)c1)[C@H](C(O)c1cccc(Cl)c1)[C@@H]1CCCO1. The Kier molecular flexibility index (Phi) is 7.78. The summed E-state index contributed by atoms with van der Waals surface area (Å²) in [6.45, 7) is 0.561. The predicted octanol–water partition coefficient (Wildman–Crippen LogP) is 6.97. The molecule has 1 unspecified atom stereocenters. The molecule has 172 valence electrons. The Morgan fingerprint density at radius 2 is 1.67 bits per heavy atom. The molecule has 1 fully saturated rings. The van der Waals surface area contributed by atoms with Gasteiger partial charge in [0.05, 0.1) is 12.1 Å². The zero-order valence-corrected chi connectivity index (χ0v) is 19.9. The molecule has 3 aromatic carbocycles. The summed E-state index contributed by atoms with van der Waals surface area (Å²) in [6.07, 6.45) is 0.106. The highest BCUT2D eigenvalue weighted by Crippen LogP contribution is 2.35. The minimum atomic E-state index is -1.05. The third-order valence-corrected chi connectivity index (χ3v) is 6.28. The number of carbonyl (C=O) groups excluding carboxylic acids is 1. The van der Waals surface area contributed by atoms with Crippen LogP contribution in [0.2, 0.25) is 15.1 Å². The first-order valence-electron chi connectivity index (χ1n) is 10.6. The van der Waals surface area contributed by atoms with Crippen molar-refractivity contribution in [3.63, 3.8) is 0 Å². The molecule has 3 aromatic rings. The number of ether oxygens (including phenoxy) is 1. The molecule has 33 heavy (non-hydrogen) atoms. The van der Waals surface area contributed by atoms with Crippen molar-refractivity contribution in [2.45, 2.75) is 31.1 Å². The Labute approximate surface area is 207 Å². The number of halogens is 3. The van der Waals surface area contributed by atoms with E-state index in [0.29, 0.717) is 45.0 Å². The Bertz CT molecular complexity index is 1100. The summed E-state index contributed by atoms with van der Waals surface area (Å²) in [5.41, 5.74) is 1.70. The Morgan fingerprint density at radius 3 is 2.30 bits per heavy atom. The fraction of sp³-hybridized carbons (Fsp3) is 0.240. The van der Waals surface area contributed by atoms with Gasteiger partial charge in [-0.15, -0.1) is 0 Å². The minimum absolute atomic E-state index is 0.381. The zero-order valence-electron chi connectivity index (χ0n) is 17.6. The number of benzene rings is 3. The molecule has 0 spiro atoms. The Morgan fingerprint density at radius 1 is 0.970 bits per heavy atom. The van der Waals surface area contributed by atoms with E-state index in [2.05, 4.69) is 5.32 Å². The second-order valence-electron chi connectivity index (χ2n) is 7.83. The van der Waals surface area contributed by atoms with Crippen LogP contribution < -0.4 is 10.2 Å². The van der Waals surface area contributed by atoms with Crippen LogP contribution in [-0.4, -0.2) is 29.9 Å². The maximum Gasteiger partial charge on any atom is 0.326 e. The molecule has 0 saturated carbocycles. The number of amides is 2. The first-order valence-corrected chi connectivity index (χ1v) is 11.7. The summed E-state index contributed by atoms with van der Waals surface area (Å²) in [6, 6.07) is 19.6. The van der Waals surface area contributed by atoms with Crippen LogP contribution in [0.15, 0.2) is 72.8 Å². The van der Waals surface area contributed by atoms with Crippen LogP contribution in [0, 0.1) is 0 Å². The van der Waals surface area contributed by atoms with Crippen molar-refractivity contribution in [2.75, 3.05) is 16.8 Å². The molecule has 0 bridgehead atoms. The number of rotatable bonds is 6. The van der Waals surface area contributed by atoms with Gasteiger partial charge in [0.25, 0.3) is 0 Å². The lowest BCUT2D eigenvalue weighted by molar-refractivity contribution is 0.0317. The van der Waals surface area contributed by atoms with Crippen LogP contribution in [0.5, 0.6) is 0 Å². The topological polar surface area (TPSA) is 61.8 Å². The molecular formula is C25H23Cl3N2O3. The first kappa shape index (κ1) is 23.9. The van der Waals surface area contributed by atoms with E-state index in [1.807, 2.05) is 0 Å². The molecule has 1 saturated heterocycles. The summed E-state index contributed by atoms with van der Waals surface area (Å²) < 4.78 is 5.97. The van der Waals surface area contributed by atoms with Crippen LogP contribution in [-0.2, 0) is 4.74 Å². The summed E-state index contributed by atoms with van der Waals surface area (Å²) in [4.78, 5) is 15.2. The van der Waals surface area contributed by atoms with Crippen LogP contribution in [0.25, 0.3) is 0 Å². The highest BCUT2D eigenvalue weighted by molar-refractivity contribution is 6.31. The fourth-order valence-electron chi connectivity index (χ4n) is 4.04. The highest BCUT2D eigenvalue weighted by atomic mass is 35.5. The van der Waals surface area contributed by atoms with Gasteiger partial charge in [0.15, 0.2) is 0 Å². The Hall–Kier alpha value is -2.28. The normalized spacial score (nSPS) is 17.4. The Balaban J connectivity index is 1.76. The quantitative estimate of drug-likeness (QED) is 0.380. The summed E-state index contributed by atoms with van der Waals surface area (Å²) in [5.74, 6) is 0. The van der Waals surface area contributed by atoms with E-state index in [1.54, 1.807) is 72.8 Å². The molecule has 0 aliphatic carbocycles. The van der Waals surface area contributed by atoms with Gasteiger partial charge in [0.1, 0.15) is 6.10 Å². The van der Waals surface area contributed by atoms with Gasteiger partial charge in [0.2, 0.25) is 0 Å². The number of aliphatic hydroxyl groups is 1. The van der Waals surface area contributed by atoms with Gasteiger partial charge in [-0.25, -0.2) is 4.79 Å². The summed E-state index contributed by atoms with van der Waals surface area (Å²) in [7, 11) is 0. The first-order chi connectivity index (χ1) is 15.9. The minimum Gasteiger partial charge on any atom is -0.386 e. The molecule has 1 heterocycles. The van der Waals surface area contributed by atoms with Crippen molar-refractivity contribution in [3.8, 4) is 0 Å². The summed E-state index contributed by atoms with van der Waals surface area (Å²) in [5, 5.41) is 15.9. The molecular weight excluding hydrogens is 483 g/mol. The number of hydrogen-bond donors (Lipinski definition) is 2. The second-order valence-corrected chi connectivity index (χ2v) is 9.14. The standard InChI is InChI=1S/C25H23Cl3N2O3/c26-17-9-11-20(12-10-17)29-25(32)30(21-7-2-6-19(28)15-21)23(22-8-3-13-33-22)24(31)16-4-1-5-18(27)14-16/h1-2,4-7,9-12,14-15,22-24,31H,3,8,13H2,(H,29,32)/t22-,23-,24?/m0/s1. The number of hydrogen-bond acceptors (Lipinski definition) is 3. The molecule has 1 aliphatic heterocycles. The van der Waals surface area contributed by atoms with Gasteiger partial charge in [0, 0.05) is 33.0 Å². The number of urea groups is 1. The number of nitrogens with zero attached hydrogens (tertiary/aromatic N) is 1. The van der Waals surface area contributed by atoms with Gasteiger partial charge in [-0.05, 0) is 73.0 Å². The van der Waals surface area contributed by atoms with E-state index >= 15 is 0 Å². The summed E-state index contributed by atoms with van der Waals surface area (Å²) >= 11 is 18.4. The van der Waals surface area contributed by atoms with E-state index in [4.69, 9.17) is 39.5 Å². The lowest BCUT2D eigenvalue weighted by Gasteiger charge is -2.38. The molecule has 5 nitrogen and oxygen atoms in total. The van der Waals surface area contributed by atoms with E-state index < -0.39 is 18.2 Å². The molecule has 1 aliphatic rings. The van der Waals surface area contributed by atoms with Crippen molar-refractivity contribution >= 4 is 52.2 Å². The molecule has 4 rings (SSSR count). The second kappa shape index (κ2) is 10.8. The van der Waals surface area contributed by atoms with E-state index in [1.165, 1.54) is 4.90 Å². The molecule has 3 atom stereocenters. The van der Waals surface area contributed by atoms with Crippen molar-refractivity contribution in [1.29, 1.82) is 0 Å². The van der Waals surface area contributed by atoms with Crippen LogP contribution in [0.1, 0.15) is 24.5 Å². The molecule has 2 amide bonds.